The fourth-order valence-electron chi connectivity index (χ4n) is 1.75. The highest BCUT2D eigenvalue weighted by Gasteiger charge is 2.23. The average molecular weight is 262 g/mol. The van der Waals surface area contributed by atoms with Crippen LogP contribution < -0.4 is 15.4 Å². The number of benzene rings is 1. The van der Waals surface area contributed by atoms with Crippen LogP contribution in [0.2, 0.25) is 0 Å². The minimum absolute atomic E-state index is 0.0332. The molecule has 2 N–H and O–H groups in total. The van der Waals surface area contributed by atoms with Gasteiger partial charge in [0.1, 0.15) is 5.75 Å². The van der Waals surface area contributed by atoms with Crippen molar-refractivity contribution in [2.75, 3.05) is 6.61 Å². The summed E-state index contributed by atoms with van der Waals surface area (Å²) in [6.45, 7) is 5.05. The molecule has 1 aromatic rings. The molecule has 0 unspecified atom stereocenters. The van der Waals surface area contributed by atoms with Gasteiger partial charge in [-0.25, -0.2) is 0 Å². The Morgan fingerprint density at radius 2 is 2.11 bits per heavy atom. The molecule has 1 aromatic carbocycles. The van der Waals surface area contributed by atoms with Gasteiger partial charge < -0.3 is 15.4 Å². The van der Waals surface area contributed by atoms with E-state index in [9.17, 15) is 4.79 Å². The van der Waals surface area contributed by atoms with Gasteiger partial charge >= 0.3 is 0 Å². The largest absolute Gasteiger partial charge is 0.483 e. The first kappa shape index (κ1) is 13.9. The topological polar surface area (TPSA) is 50.4 Å². The van der Waals surface area contributed by atoms with E-state index in [1.165, 1.54) is 0 Å². The molecule has 0 spiro atoms. The number of rotatable bonds is 7. The lowest BCUT2D eigenvalue weighted by atomic mass is 10.2. The molecule has 1 amide bonds. The van der Waals surface area contributed by atoms with Crippen LogP contribution in [0, 0.1) is 0 Å². The van der Waals surface area contributed by atoms with E-state index in [-0.39, 0.29) is 12.5 Å². The molecule has 4 nitrogen and oxygen atoms in total. The summed E-state index contributed by atoms with van der Waals surface area (Å²) in [5.74, 6) is 0.746. The minimum atomic E-state index is -0.0332. The second-order valence-corrected chi connectivity index (χ2v) is 5.27. The van der Waals surface area contributed by atoms with E-state index >= 15 is 0 Å². The molecular formula is C15H22N2O2. The molecule has 1 saturated carbocycles. The highest BCUT2D eigenvalue weighted by atomic mass is 16.5. The fraction of sp³-hybridized carbons (Fsp3) is 0.533. The van der Waals surface area contributed by atoms with Crippen molar-refractivity contribution in [1.82, 2.24) is 10.6 Å². The van der Waals surface area contributed by atoms with Gasteiger partial charge in [-0.3, -0.25) is 4.79 Å². The van der Waals surface area contributed by atoms with Gasteiger partial charge in [-0.2, -0.15) is 0 Å². The SMILES string of the molecule is CC(C)NCc1ccccc1OCC(=O)NC1CC1. The summed E-state index contributed by atoms with van der Waals surface area (Å²) in [6.07, 6.45) is 2.20. The van der Waals surface area contributed by atoms with Gasteiger partial charge in [-0.1, -0.05) is 32.0 Å². The molecule has 0 bridgehead atoms. The number of nitrogens with one attached hydrogen (secondary N) is 2. The van der Waals surface area contributed by atoms with Crippen molar-refractivity contribution >= 4 is 5.91 Å². The Balaban J connectivity index is 1.85. The number of hydrogen-bond donors (Lipinski definition) is 2. The minimum Gasteiger partial charge on any atom is -0.483 e. The van der Waals surface area contributed by atoms with Crippen LogP contribution in [0.5, 0.6) is 5.75 Å². The van der Waals surface area contributed by atoms with E-state index in [0.717, 1.165) is 30.7 Å². The number of hydrogen-bond acceptors (Lipinski definition) is 3. The third-order valence-corrected chi connectivity index (χ3v) is 2.97. The first-order chi connectivity index (χ1) is 9.15. The summed E-state index contributed by atoms with van der Waals surface area (Å²) >= 11 is 0. The van der Waals surface area contributed by atoms with Crippen molar-refractivity contribution in [1.29, 1.82) is 0 Å². The van der Waals surface area contributed by atoms with Crippen molar-refractivity contribution in [3.63, 3.8) is 0 Å². The quantitative estimate of drug-likeness (QED) is 0.788. The monoisotopic (exact) mass is 262 g/mol. The Morgan fingerprint density at radius 3 is 2.79 bits per heavy atom. The number of para-hydroxylation sites is 1. The summed E-state index contributed by atoms with van der Waals surface area (Å²) in [7, 11) is 0. The Hall–Kier alpha value is -1.55. The van der Waals surface area contributed by atoms with Crippen LogP contribution in [0.25, 0.3) is 0 Å². The number of ether oxygens (including phenoxy) is 1. The van der Waals surface area contributed by atoms with Crippen LogP contribution >= 0.6 is 0 Å². The molecule has 0 aromatic heterocycles. The van der Waals surface area contributed by atoms with Crippen LogP contribution in [-0.4, -0.2) is 24.6 Å². The highest BCUT2D eigenvalue weighted by molar-refractivity contribution is 5.78. The Bertz CT molecular complexity index is 428. The van der Waals surface area contributed by atoms with Crippen molar-refractivity contribution < 1.29 is 9.53 Å². The van der Waals surface area contributed by atoms with Crippen LogP contribution in [-0.2, 0) is 11.3 Å². The van der Waals surface area contributed by atoms with E-state index in [1.54, 1.807) is 0 Å². The highest BCUT2D eigenvalue weighted by Crippen LogP contribution is 2.19. The molecule has 19 heavy (non-hydrogen) atoms. The van der Waals surface area contributed by atoms with Gasteiger partial charge in [0, 0.05) is 24.2 Å². The molecule has 4 heteroatoms. The predicted octanol–water partition coefficient (Wildman–Crippen LogP) is 1.84. The van der Waals surface area contributed by atoms with Crippen molar-refractivity contribution in [2.24, 2.45) is 0 Å². The van der Waals surface area contributed by atoms with E-state index in [2.05, 4.69) is 24.5 Å². The third-order valence-electron chi connectivity index (χ3n) is 2.97. The Kier molecular flexibility index (Phi) is 4.80. The lowest BCUT2D eigenvalue weighted by molar-refractivity contribution is -0.123. The third kappa shape index (κ3) is 4.91. The van der Waals surface area contributed by atoms with Crippen molar-refractivity contribution in [3.8, 4) is 5.75 Å². The molecule has 0 heterocycles. The first-order valence-corrected chi connectivity index (χ1v) is 6.88. The van der Waals surface area contributed by atoms with Gasteiger partial charge in [0.05, 0.1) is 0 Å². The van der Waals surface area contributed by atoms with Gasteiger partial charge in [0.15, 0.2) is 6.61 Å². The normalized spacial score (nSPS) is 14.5. The molecular weight excluding hydrogens is 240 g/mol. The Morgan fingerprint density at radius 1 is 1.37 bits per heavy atom. The lowest BCUT2D eigenvalue weighted by Gasteiger charge is -2.13. The molecule has 2 rings (SSSR count). The number of carbonyl (C=O) groups is 1. The molecule has 104 valence electrons. The second-order valence-electron chi connectivity index (χ2n) is 5.27. The van der Waals surface area contributed by atoms with E-state index in [0.29, 0.717) is 12.1 Å². The molecule has 1 aliphatic rings. The van der Waals surface area contributed by atoms with Gasteiger partial charge in [-0.05, 0) is 18.9 Å². The predicted molar refractivity (Wildman–Crippen MR) is 75.1 cm³/mol. The molecule has 1 fully saturated rings. The second kappa shape index (κ2) is 6.57. The van der Waals surface area contributed by atoms with Crippen molar-refractivity contribution in [3.05, 3.63) is 29.8 Å². The van der Waals surface area contributed by atoms with Crippen molar-refractivity contribution in [2.45, 2.75) is 45.3 Å². The lowest BCUT2D eigenvalue weighted by Crippen LogP contribution is -2.30. The summed E-state index contributed by atoms with van der Waals surface area (Å²) in [5, 5.41) is 6.27. The van der Waals surface area contributed by atoms with Crippen LogP contribution in [0.1, 0.15) is 32.3 Å². The summed E-state index contributed by atoms with van der Waals surface area (Å²) < 4.78 is 5.61. The molecule has 0 radical (unpaired) electrons. The van der Waals surface area contributed by atoms with Gasteiger partial charge in [-0.15, -0.1) is 0 Å². The number of amides is 1. The molecule has 1 aliphatic carbocycles. The van der Waals surface area contributed by atoms with Gasteiger partial charge in [0.25, 0.3) is 5.91 Å². The van der Waals surface area contributed by atoms with Crippen LogP contribution in [0.3, 0.4) is 0 Å². The summed E-state index contributed by atoms with van der Waals surface area (Å²) in [5.41, 5.74) is 1.08. The average Bonchev–Trinajstić information content (AvgIpc) is 3.18. The zero-order chi connectivity index (χ0) is 13.7. The van der Waals surface area contributed by atoms with E-state index in [4.69, 9.17) is 4.74 Å². The Labute approximate surface area is 114 Å². The summed E-state index contributed by atoms with van der Waals surface area (Å²) in [6, 6.07) is 8.63. The van der Waals surface area contributed by atoms with E-state index < -0.39 is 0 Å². The van der Waals surface area contributed by atoms with E-state index in [1.807, 2.05) is 24.3 Å². The fourth-order valence-corrected chi connectivity index (χ4v) is 1.75. The standard InChI is InChI=1S/C15H22N2O2/c1-11(2)16-9-12-5-3-4-6-14(12)19-10-15(18)17-13-7-8-13/h3-6,11,13,16H,7-10H2,1-2H3,(H,17,18). The first-order valence-electron chi connectivity index (χ1n) is 6.88. The van der Waals surface area contributed by atoms with Crippen LogP contribution in [0.4, 0.5) is 0 Å². The maximum absolute atomic E-state index is 11.6. The number of carbonyl (C=O) groups excluding carboxylic acids is 1. The summed E-state index contributed by atoms with van der Waals surface area (Å²) in [4.78, 5) is 11.6. The zero-order valence-corrected chi connectivity index (χ0v) is 11.6. The zero-order valence-electron chi connectivity index (χ0n) is 11.6. The smallest absolute Gasteiger partial charge is 0.258 e. The molecule has 0 atom stereocenters. The van der Waals surface area contributed by atoms with Gasteiger partial charge in [0.2, 0.25) is 0 Å². The maximum Gasteiger partial charge on any atom is 0.258 e. The maximum atomic E-state index is 11.6. The molecule has 0 saturated heterocycles. The molecule has 0 aliphatic heterocycles. The van der Waals surface area contributed by atoms with Crippen LogP contribution in [0.15, 0.2) is 24.3 Å².